The van der Waals surface area contributed by atoms with Gasteiger partial charge in [0.05, 0.1) is 28.1 Å². The topological polar surface area (TPSA) is 56.7 Å². The molecule has 2 N–H and O–H groups in total. The standard InChI is InChI=1S/C14H22N4S/c1-9-6-11(18(5)17-9)10(15)7-13-16-12(8-19-13)14(2,3)4/h6,8,10H,7,15H2,1-5H3. The van der Waals surface area contributed by atoms with Gasteiger partial charge >= 0.3 is 0 Å². The van der Waals surface area contributed by atoms with Gasteiger partial charge in [0.2, 0.25) is 0 Å². The molecule has 0 amide bonds. The Kier molecular flexibility index (Phi) is 3.78. The summed E-state index contributed by atoms with van der Waals surface area (Å²) in [4.78, 5) is 4.69. The second-order valence-electron chi connectivity index (χ2n) is 6.02. The Bertz CT molecular complexity index is 562. The molecule has 0 fully saturated rings. The van der Waals surface area contributed by atoms with Gasteiger partial charge in [-0.3, -0.25) is 4.68 Å². The highest BCUT2D eigenvalue weighted by Gasteiger charge is 2.19. The van der Waals surface area contributed by atoms with Crippen molar-refractivity contribution >= 4 is 11.3 Å². The Morgan fingerprint density at radius 2 is 2.11 bits per heavy atom. The van der Waals surface area contributed by atoms with Crippen molar-refractivity contribution in [3.8, 4) is 0 Å². The van der Waals surface area contributed by atoms with Crippen LogP contribution in [0, 0.1) is 6.92 Å². The second-order valence-corrected chi connectivity index (χ2v) is 6.96. The average Bonchev–Trinajstić information content (AvgIpc) is 2.84. The van der Waals surface area contributed by atoms with Gasteiger partial charge in [-0.15, -0.1) is 11.3 Å². The molecule has 0 aromatic carbocycles. The molecule has 0 aliphatic heterocycles. The third-order valence-corrected chi connectivity index (χ3v) is 4.00. The van der Waals surface area contributed by atoms with Crippen LogP contribution < -0.4 is 5.73 Å². The first-order valence-corrected chi connectivity index (χ1v) is 7.36. The lowest BCUT2D eigenvalue weighted by Gasteiger charge is -2.14. The highest BCUT2D eigenvalue weighted by atomic mass is 32.1. The Labute approximate surface area is 118 Å². The highest BCUT2D eigenvalue weighted by Crippen LogP contribution is 2.26. The van der Waals surface area contributed by atoms with Crippen molar-refractivity contribution in [1.29, 1.82) is 0 Å². The van der Waals surface area contributed by atoms with Crippen molar-refractivity contribution in [2.24, 2.45) is 12.8 Å². The van der Waals surface area contributed by atoms with E-state index in [1.165, 1.54) is 0 Å². The van der Waals surface area contributed by atoms with Crippen LogP contribution >= 0.6 is 11.3 Å². The predicted molar refractivity (Wildman–Crippen MR) is 79.4 cm³/mol. The first kappa shape index (κ1) is 14.2. The van der Waals surface area contributed by atoms with E-state index in [0.29, 0.717) is 0 Å². The zero-order chi connectivity index (χ0) is 14.2. The fourth-order valence-corrected chi connectivity index (χ4v) is 3.10. The minimum atomic E-state index is -0.0508. The normalized spacial score (nSPS) is 13.8. The number of nitrogens with two attached hydrogens (primary N) is 1. The number of thiazole rings is 1. The van der Waals surface area contributed by atoms with Crippen molar-refractivity contribution in [3.63, 3.8) is 0 Å². The lowest BCUT2D eigenvalue weighted by Crippen LogP contribution is -2.17. The predicted octanol–water partition coefficient (Wildman–Crippen LogP) is 2.73. The number of hydrogen-bond acceptors (Lipinski definition) is 4. The van der Waals surface area contributed by atoms with E-state index in [0.717, 1.165) is 28.5 Å². The molecule has 104 valence electrons. The van der Waals surface area contributed by atoms with Crippen LogP contribution in [0.25, 0.3) is 0 Å². The van der Waals surface area contributed by atoms with Gasteiger partial charge in [0.25, 0.3) is 0 Å². The van der Waals surface area contributed by atoms with Crippen molar-refractivity contribution in [2.75, 3.05) is 0 Å². The van der Waals surface area contributed by atoms with Gasteiger partial charge in [-0.25, -0.2) is 4.98 Å². The maximum Gasteiger partial charge on any atom is 0.0948 e. The zero-order valence-electron chi connectivity index (χ0n) is 12.3. The molecular formula is C14H22N4S. The number of aryl methyl sites for hydroxylation is 2. The summed E-state index contributed by atoms with van der Waals surface area (Å²) in [7, 11) is 1.94. The smallest absolute Gasteiger partial charge is 0.0948 e. The van der Waals surface area contributed by atoms with Crippen LogP contribution in [0.2, 0.25) is 0 Å². The fourth-order valence-electron chi connectivity index (χ4n) is 2.02. The second kappa shape index (κ2) is 5.06. The van der Waals surface area contributed by atoms with E-state index >= 15 is 0 Å². The Morgan fingerprint density at radius 3 is 2.58 bits per heavy atom. The average molecular weight is 278 g/mol. The number of hydrogen-bond donors (Lipinski definition) is 1. The molecule has 4 nitrogen and oxygen atoms in total. The van der Waals surface area contributed by atoms with Gasteiger partial charge in [-0.2, -0.15) is 5.10 Å². The van der Waals surface area contributed by atoms with Crippen LogP contribution in [0.15, 0.2) is 11.4 Å². The summed E-state index contributed by atoms with van der Waals surface area (Å²) in [6.07, 6.45) is 0.764. The van der Waals surface area contributed by atoms with Crippen LogP contribution in [0.5, 0.6) is 0 Å². The SMILES string of the molecule is Cc1cc(C(N)Cc2nc(C(C)(C)C)cs2)n(C)n1. The maximum atomic E-state index is 6.27. The highest BCUT2D eigenvalue weighted by molar-refractivity contribution is 7.09. The summed E-state index contributed by atoms with van der Waals surface area (Å²) < 4.78 is 1.86. The minimum Gasteiger partial charge on any atom is -0.322 e. The molecular weight excluding hydrogens is 256 g/mol. The number of nitrogens with zero attached hydrogens (tertiary/aromatic N) is 3. The Balaban J connectivity index is 2.13. The summed E-state index contributed by atoms with van der Waals surface area (Å²) >= 11 is 1.69. The van der Waals surface area contributed by atoms with Crippen LogP contribution in [0.1, 0.15) is 48.9 Å². The zero-order valence-corrected chi connectivity index (χ0v) is 13.1. The first-order chi connectivity index (χ1) is 8.77. The molecule has 1 atom stereocenters. The van der Waals surface area contributed by atoms with Crippen LogP contribution in [-0.2, 0) is 18.9 Å². The lowest BCUT2D eigenvalue weighted by molar-refractivity contribution is 0.566. The summed E-state index contributed by atoms with van der Waals surface area (Å²) in [5, 5.41) is 7.57. The van der Waals surface area contributed by atoms with E-state index in [2.05, 4.69) is 31.2 Å². The first-order valence-electron chi connectivity index (χ1n) is 6.48. The molecule has 5 heteroatoms. The van der Waals surface area contributed by atoms with Gasteiger partial charge in [-0.05, 0) is 13.0 Å². The van der Waals surface area contributed by atoms with E-state index in [-0.39, 0.29) is 11.5 Å². The Hall–Kier alpha value is -1.20. The summed E-state index contributed by atoms with van der Waals surface area (Å²) in [5.41, 5.74) is 9.57. The molecule has 2 rings (SSSR count). The van der Waals surface area contributed by atoms with Crippen LogP contribution in [-0.4, -0.2) is 14.8 Å². The molecule has 2 aromatic heterocycles. The van der Waals surface area contributed by atoms with Crippen molar-refractivity contribution in [2.45, 2.75) is 45.6 Å². The van der Waals surface area contributed by atoms with E-state index < -0.39 is 0 Å². The third-order valence-electron chi connectivity index (χ3n) is 3.13. The molecule has 0 saturated carbocycles. The van der Waals surface area contributed by atoms with E-state index in [1.807, 2.05) is 24.7 Å². The van der Waals surface area contributed by atoms with Crippen LogP contribution in [0.4, 0.5) is 0 Å². The number of aromatic nitrogens is 3. The summed E-state index contributed by atoms with van der Waals surface area (Å²) in [6, 6.07) is 1.99. The summed E-state index contributed by atoms with van der Waals surface area (Å²) in [5.74, 6) is 0. The minimum absolute atomic E-state index is 0.0508. The van der Waals surface area contributed by atoms with Crippen molar-refractivity contribution in [3.05, 3.63) is 33.5 Å². The molecule has 0 bridgehead atoms. The molecule has 2 heterocycles. The van der Waals surface area contributed by atoms with Gasteiger partial charge in [-0.1, -0.05) is 20.8 Å². The molecule has 2 aromatic rings. The molecule has 0 spiro atoms. The number of rotatable bonds is 3. The van der Waals surface area contributed by atoms with E-state index in [9.17, 15) is 0 Å². The molecule has 0 saturated heterocycles. The van der Waals surface area contributed by atoms with Gasteiger partial charge in [0.1, 0.15) is 0 Å². The monoisotopic (exact) mass is 278 g/mol. The van der Waals surface area contributed by atoms with Crippen molar-refractivity contribution < 1.29 is 0 Å². The maximum absolute atomic E-state index is 6.27. The van der Waals surface area contributed by atoms with Crippen LogP contribution in [0.3, 0.4) is 0 Å². The largest absolute Gasteiger partial charge is 0.322 e. The van der Waals surface area contributed by atoms with Gasteiger partial charge < -0.3 is 5.73 Å². The van der Waals surface area contributed by atoms with Gasteiger partial charge in [0, 0.05) is 24.3 Å². The van der Waals surface area contributed by atoms with Crippen molar-refractivity contribution in [1.82, 2.24) is 14.8 Å². The quantitative estimate of drug-likeness (QED) is 0.939. The molecule has 0 aliphatic rings. The van der Waals surface area contributed by atoms with E-state index in [4.69, 9.17) is 10.7 Å². The summed E-state index contributed by atoms with van der Waals surface area (Å²) in [6.45, 7) is 8.51. The lowest BCUT2D eigenvalue weighted by atomic mass is 9.93. The molecule has 0 radical (unpaired) electrons. The fraction of sp³-hybridized carbons (Fsp3) is 0.571. The van der Waals surface area contributed by atoms with E-state index in [1.54, 1.807) is 11.3 Å². The molecule has 1 unspecified atom stereocenters. The Morgan fingerprint density at radius 1 is 1.42 bits per heavy atom. The molecule has 0 aliphatic carbocycles. The molecule has 19 heavy (non-hydrogen) atoms. The van der Waals surface area contributed by atoms with Gasteiger partial charge in [0.15, 0.2) is 0 Å². The third kappa shape index (κ3) is 3.22.